The van der Waals surface area contributed by atoms with Crippen LogP contribution in [0.5, 0.6) is 0 Å². The van der Waals surface area contributed by atoms with Gasteiger partial charge in [-0.3, -0.25) is 0 Å². The van der Waals surface area contributed by atoms with Crippen molar-refractivity contribution in [3.05, 3.63) is 28.0 Å². The van der Waals surface area contributed by atoms with Crippen molar-refractivity contribution in [1.29, 1.82) is 5.26 Å². The van der Waals surface area contributed by atoms with E-state index in [2.05, 4.69) is 4.98 Å². The molecule has 1 aromatic rings. The number of aromatic nitrogens is 1. The van der Waals surface area contributed by atoms with Crippen LogP contribution in [0.25, 0.3) is 0 Å². The molecule has 0 aliphatic heterocycles. The van der Waals surface area contributed by atoms with E-state index >= 15 is 0 Å². The molecule has 64 valence electrons. The smallest absolute Gasteiger partial charge is 0.159 e. The maximum atomic E-state index is 8.37. The van der Waals surface area contributed by atoms with E-state index < -0.39 is 0 Å². The average Bonchev–Trinajstić information content (AvgIpc) is 2.08. The first kappa shape index (κ1) is 11.2. The van der Waals surface area contributed by atoms with E-state index in [1.807, 2.05) is 19.9 Å². The van der Waals surface area contributed by atoms with Gasteiger partial charge in [-0.1, -0.05) is 37.0 Å². The van der Waals surface area contributed by atoms with Gasteiger partial charge in [0.05, 0.1) is 10.0 Å². The molecule has 1 aromatic heterocycles. The molecule has 0 aliphatic rings. The molecule has 0 aliphatic carbocycles. The summed E-state index contributed by atoms with van der Waals surface area (Å²) in [6.45, 7) is 4.00. The molecule has 0 saturated heterocycles. The van der Waals surface area contributed by atoms with Crippen LogP contribution in [0.1, 0.15) is 19.5 Å². The summed E-state index contributed by atoms with van der Waals surface area (Å²) in [7, 11) is 0. The maximum Gasteiger partial charge on any atom is 0.159 e. The number of hydrogen-bond donors (Lipinski definition) is 0. The summed E-state index contributed by atoms with van der Waals surface area (Å²) < 4.78 is 0. The first-order valence-corrected chi connectivity index (χ1v) is 4.21. The normalized spacial score (nSPS) is 7.92. The molecule has 0 N–H and O–H groups in total. The fraction of sp³-hybridized carbons (Fsp3) is 0.250. The Bertz CT molecular complexity index is 292. The highest BCUT2D eigenvalue weighted by Crippen LogP contribution is 2.16. The molecule has 0 saturated carbocycles. The van der Waals surface area contributed by atoms with Crippen LogP contribution < -0.4 is 0 Å². The van der Waals surface area contributed by atoms with Crippen molar-refractivity contribution in [2.24, 2.45) is 0 Å². The van der Waals surface area contributed by atoms with Crippen molar-refractivity contribution in [2.75, 3.05) is 0 Å². The largest absolute Gasteiger partial charge is 0.242 e. The second-order valence-corrected chi connectivity index (χ2v) is 2.44. The zero-order valence-corrected chi connectivity index (χ0v) is 8.32. The topological polar surface area (TPSA) is 36.7 Å². The summed E-state index contributed by atoms with van der Waals surface area (Å²) in [6.07, 6.45) is 1.38. The summed E-state index contributed by atoms with van der Waals surface area (Å²) in [4.78, 5) is 3.67. The summed E-state index contributed by atoms with van der Waals surface area (Å²) in [5.74, 6) is 0. The van der Waals surface area contributed by atoms with Gasteiger partial charge in [0.15, 0.2) is 5.69 Å². The lowest BCUT2D eigenvalue weighted by Crippen LogP contribution is -1.81. The molecule has 12 heavy (non-hydrogen) atoms. The SMILES string of the molecule is CC.N#Cc1ncc(Cl)cc1Cl. The molecule has 4 heteroatoms. The van der Waals surface area contributed by atoms with Gasteiger partial charge in [0, 0.05) is 6.20 Å². The van der Waals surface area contributed by atoms with Crippen LogP contribution in [0.15, 0.2) is 12.3 Å². The van der Waals surface area contributed by atoms with E-state index in [4.69, 9.17) is 28.5 Å². The van der Waals surface area contributed by atoms with Gasteiger partial charge in [-0.25, -0.2) is 4.98 Å². The second kappa shape index (κ2) is 5.82. The molecule has 0 amide bonds. The van der Waals surface area contributed by atoms with Gasteiger partial charge in [0.25, 0.3) is 0 Å². The number of nitrogens with zero attached hydrogens (tertiary/aromatic N) is 2. The standard InChI is InChI=1S/C6H2Cl2N2.C2H6/c7-4-1-5(8)6(2-9)10-3-4;1-2/h1,3H;1-2H3. The van der Waals surface area contributed by atoms with Gasteiger partial charge in [-0.05, 0) is 6.07 Å². The molecule has 0 atom stereocenters. The van der Waals surface area contributed by atoms with E-state index in [0.717, 1.165) is 0 Å². The van der Waals surface area contributed by atoms with Crippen LogP contribution in [-0.4, -0.2) is 4.98 Å². The zero-order chi connectivity index (χ0) is 9.56. The summed E-state index contributed by atoms with van der Waals surface area (Å²) in [6, 6.07) is 3.30. The Labute approximate surface area is 81.8 Å². The van der Waals surface area contributed by atoms with Crippen LogP contribution in [0, 0.1) is 11.3 Å². The maximum absolute atomic E-state index is 8.37. The number of halogens is 2. The fourth-order valence-corrected chi connectivity index (χ4v) is 0.919. The van der Waals surface area contributed by atoms with Crippen LogP contribution in [0.2, 0.25) is 10.0 Å². The van der Waals surface area contributed by atoms with Crippen LogP contribution in [0.4, 0.5) is 0 Å². The minimum absolute atomic E-state index is 0.200. The van der Waals surface area contributed by atoms with Gasteiger partial charge in [0.1, 0.15) is 6.07 Å². The second-order valence-electron chi connectivity index (χ2n) is 1.60. The van der Waals surface area contributed by atoms with E-state index in [0.29, 0.717) is 5.02 Å². The predicted molar refractivity (Wildman–Crippen MR) is 50.3 cm³/mol. The summed E-state index contributed by atoms with van der Waals surface area (Å²) >= 11 is 11.1. The van der Waals surface area contributed by atoms with E-state index in [1.54, 1.807) is 0 Å². The number of rotatable bonds is 0. The minimum Gasteiger partial charge on any atom is -0.242 e. The predicted octanol–water partition coefficient (Wildman–Crippen LogP) is 3.29. The molecule has 0 radical (unpaired) electrons. The Kier molecular flexibility index (Phi) is 5.44. The average molecular weight is 203 g/mol. The van der Waals surface area contributed by atoms with Crippen LogP contribution >= 0.6 is 23.2 Å². The van der Waals surface area contributed by atoms with Gasteiger partial charge < -0.3 is 0 Å². The highest BCUT2D eigenvalue weighted by atomic mass is 35.5. The first-order valence-electron chi connectivity index (χ1n) is 3.45. The fourth-order valence-electron chi connectivity index (χ4n) is 0.497. The van der Waals surface area contributed by atoms with E-state index in [1.165, 1.54) is 12.3 Å². The Hall–Kier alpha value is -0.780. The molecule has 0 spiro atoms. The van der Waals surface area contributed by atoms with Gasteiger partial charge in [-0.2, -0.15) is 5.26 Å². The third-order valence-electron chi connectivity index (χ3n) is 0.914. The van der Waals surface area contributed by atoms with E-state index in [9.17, 15) is 0 Å². The van der Waals surface area contributed by atoms with Gasteiger partial charge in [-0.15, -0.1) is 0 Å². The molecule has 0 bridgehead atoms. The first-order chi connectivity index (χ1) is 5.74. The third kappa shape index (κ3) is 3.08. The number of nitriles is 1. The van der Waals surface area contributed by atoms with Gasteiger partial charge >= 0.3 is 0 Å². The molecular formula is C8H8Cl2N2. The minimum atomic E-state index is 0.200. The Morgan fingerprint density at radius 1 is 1.42 bits per heavy atom. The zero-order valence-electron chi connectivity index (χ0n) is 6.81. The lowest BCUT2D eigenvalue weighted by molar-refractivity contribution is 1.26. The van der Waals surface area contributed by atoms with Crippen LogP contribution in [-0.2, 0) is 0 Å². The molecular weight excluding hydrogens is 195 g/mol. The van der Waals surface area contributed by atoms with Crippen molar-refractivity contribution >= 4 is 23.2 Å². The molecule has 1 heterocycles. The Morgan fingerprint density at radius 2 is 2.00 bits per heavy atom. The van der Waals surface area contributed by atoms with Crippen molar-refractivity contribution in [2.45, 2.75) is 13.8 Å². The monoisotopic (exact) mass is 202 g/mol. The van der Waals surface area contributed by atoms with E-state index in [-0.39, 0.29) is 10.7 Å². The number of pyridine rings is 1. The molecule has 2 nitrogen and oxygen atoms in total. The summed E-state index contributed by atoms with van der Waals surface area (Å²) in [5.41, 5.74) is 0.200. The quantitative estimate of drug-likeness (QED) is 0.648. The molecule has 0 unspecified atom stereocenters. The molecule has 0 aromatic carbocycles. The van der Waals surface area contributed by atoms with Crippen molar-refractivity contribution < 1.29 is 0 Å². The lowest BCUT2D eigenvalue weighted by atomic mass is 10.4. The number of hydrogen-bond acceptors (Lipinski definition) is 2. The Balaban J connectivity index is 0.000000561. The summed E-state index contributed by atoms with van der Waals surface area (Å²) in [5, 5.41) is 9.09. The Morgan fingerprint density at radius 3 is 2.42 bits per heavy atom. The van der Waals surface area contributed by atoms with Crippen LogP contribution in [0.3, 0.4) is 0 Å². The van der Waals surface area contributed by atoms with Crippen molar-refractivity contribution in [3.8, 4) is 6.07 Å². The highest BCUT2D eigenvalue weighted by Gasteiger charge is 1.99. The highest BCUT2D eigenvalue weighted by molar-refractivity contribution is 6.34. The third-order valence-corrected chi connectivity index (χ3v) is 1.41. The van der Waals surface area contributed by atoms with Gasteiger partial charge in [0.2, 0.25) is 0 Å². The lowest BCUT2D eigenvalue weighted by Gasteiger charge is -1.91. The molecule has 0 fully saturated rings. The molecule has 1 rings (SSSR count). The van der Waals surface area contributed by atoms with Crippen molar-refractivity contribution in [3.63, 3.8) is 0 Å². The van der Waals surface area contributed by atoms with Crippen molar-refractivity contribution in [1.82, 2.24) is 4.98 Å².